The highest BCUT2D eigenvalue weighted by Gasteiger charge is 2.24. The van der Waals surface area contributed by atoms with Crippen LogP contribution in [0.3, 0.4) is 0 Å². The highest BCUT2D eigenvalue weighted by atomic mass is 32.2. The first-order valence-electron chi connectivity index (χ1n) is 3.63. The van der Waals surface area contributed by atoms with E-state index < -0.39 is 0 Å². The second-order valence-corrected chi connectivity index (χ2v) is 4.05. The molecule has 1 fully saturated rings. The van der Waals surface area contributed by atoms with Gasteiger partial charge in [-0.15, -0.1) is 0 Å². The van der Waals surface area contributed by atoms with Crippen LogP contribution in [0.15, 0.2) is 0 Å². The van der Waals surface area contributed by atoms with Crippen molar-refractivity contribution in [1.82, 2.24) is 0 Å². The second-order valence-electron chi connectivity index (χ2n) is 2.83. The third kappa shape index (κ3) is 1.87. The molecule has 1 aliphatic heterocycles. The van der Waals surface area contributed by atoms with Crippen LogP contribution in [0, 0.1) is 0 Å². The number of hydrogen-bond acceptors (Lipinski definition) is 2. The van der Waals surface area contributed by atoms with Crippen molar-refractivity contribution >= 4 is 11.8 Å². The third-order valence-electron chi connectivity index (χ3n) is 2.19. The van der Waals surface area contributed by atoms with Gasteiger partial charge in [-0.2, -0.15) is 11.8 Å². The molecule has 0 bridgehead atoms. The van der Waals surface area contributed by atoms with Crippen LogP contribution in [0.1, 0.15) is 26.2 Å². The van der Waals surface area contributed by atoms with Crippen molar-refractivity contribution in [2.45, 2.75) is 31.7 Å². The molecule has 0 radical (unpaired) electrons. The fourth-order valence-corrected chi connectivity index (χ4v) is 2.44. The third-order valence-corrected chi connectivity index (χ3v) is 3.18. The minimum absolute atomic E-state index is 0.200. The van der Waals surface area contributed by atoms with Crippen LogP contribution < -0.4 is 5.73 Å². The molecule has 0 atom stereocenters. The van der Waals surface area contributed by atoms with Crippen molar-refractivity contribution in [3.8, 4) is 0 Å². The average Bonchev–Trinajstić information content (AvgIpc) is 1.90. The molecule has 2 N–H and O–H groups in total. The van der Waals surface area contributed by atoms with Gasteiger partial charge in [0.2, 0.25) is 0 Å². The highest BCUT2D eigenvalue weighted by molar-refractivity contribution is 7.99. The van der Waals surface area contributed by atoms with Crippen molar-refractivity contribution in [3.05, 3.63) is 0 Å². The van der Waals surface area contributed by atoms with Gasteiger partial charge >= 0.3 is 0 Å². The van der Waals surface area contributed by atoms with Gasteiger partial charge in [-0.05, 0) is 30.8 Å². The molecule has 9 heavy (non-hydrogen) atoms. The van der Waals surface area contributed by atoms with Crippen LogP contribution in [-0.2, 0) is 0 Å². The van der Waals surface area contributed by atoms with Crippen molar-refractivity contribution in [3.63, 3.8) is 0 Å². The molecule has 0 aliphatic carbocycles. The van der Waals surface area contributed by atoms with E-state index in [1.54, 1.807) is 0 Å². The molecule has 0 amide bonds. The van der Waals surface area contributed by atoms with Crippen molar-refractivity contribution in [2.24, 2.45) is 5.73 Å². The topological polar surface area (TPSA) is 26.0 Å². The van der Waals surface area contributed by atoms with E-state index in [1.165, 1.54) is 24.3 Å². The largest absolute Gasteiger partial charge is 0.325 e. The van der Waals surface area contributed by atoms with Gasteiger partial charge in [0, 0.05) is 5.54 Å². The minimum Gasteiger partial charge on any atom is -0.325 e. The molecule has 0 saturated carbocycles. The molecule has 0 aromatic heterocycles. The SMILES string of the molecule is CCC1(N)CCSCC1. The van der Waals surface area contributed by atoms with Gasteiger partial charge in [-0.25, -0.2) is 0 Å². The van der Waals surface area contributed by atoms with Crippen LogP contribution in [0.2, 0.25) is 0 Å². The summed E-state index contributed by atoms with van der Waals surface area (Å²) in [5, 5.41) is 0. The monoisotopic (exact) mass is 145 g/mol. The van der Waals surface area contributed by atoms with Gasteiger partial charge in [-0.1, -0.05) is 6.92 Å². The van der Waals surface area contributed by atoms with Crippen molar-refractivity contribution in [2.75, 3.05) is 11.5 Å². The summed E-state index contributed by atoms with van der Waals surface area (Å²) in [5.41, 5.74) is 6.24. The van der Waals surface area contributed by atoms with E-state index in [1.807, 2.05) is 11.8 Å². The number of nitrogens with two attached hydrogens (primary N) is 1. The Bertz CT molecular complexity index is 86.9. The summed E-state index contributed by atoms with van der Waals surface area (Å²) in [7, 11) is 0. The quantitative estimate of drug-likeness (QED) is 0.607. The van der Waals surface area contributed by atoms with E-state index in [-0.39, 0.29) is 5.54 Å². The standard InChI is InChI=1S/C7H15NS/c1-2-7(8)3-5-9-6-4-7/h2-6,8H2,1H3. The zero-order chi connectivity index (χ0) is 6.74. The molecule has 2 heteroatoms. The van der Waals surface area contributed by atoms with E-state index in [4.69, 9.17) is 5.73 Å². The summed E-state index contributed by atoms with van der Waals surface area (Å²) in [6, 6.07) is 0. The molecule has 1 heterocycles. The number of rotatable bonds is 1. The van der Waals surface area contributed by atoms with Gasteiger partial charge in [0.25, 0.3) is 0 Å². The smallest absolute Gasteiger partial charge is 0.0167 e. The summed E-state index contributed by atoms with van der Waals surface area (Å²) in [6.45, 7) is 2.19. The van der Waals surface area contributed by atoms with Gasteiger partial charge < -0.3 is 5.73 Å². The first-order valence-corrected chi connectivity index (χ1v) is 4.79. The molecule has 1 saturated heterocycles. The van der Waals surface area contributed by atoms with Crippen LogP contribution in [0.25, 0.3) is 0 Å². The summed E-state index contributed by atoms with van der Waals surface area (Å²) in [6.07, 6.45) is 3.58. The molecule has 0 aromatic carbocycles. The van der Waals surface area contributed by atoms with Gasteiger partial charge in [0.05, 0.1) is 0 Å². The Morgan fingerprint density at radius 1 is 1.44 bits per heavy atom. The first-order chi connectivity index (χ1) is 4.27. The lowest BCUT2D eigenvalue weighted by molar-refractivity contribution is 0.381. The van der Waals surface area contributed by atoms with Gasteiger partial charge in [0.15, 0.2) is 0 Å². The molecule has 0 unspecified atom stereocenters. The van der Waals surface area contributed by atoms with E-state index in [0.717, 1.165) is 6.42 Å². The predicted octanol–water partition coefficient (Wildman–Crippen LogP) is 1.62. The summed E-state index contributed by atoms with van der Waals surface area (Å²) in [5.74, 6) is 2.54. The Labute approximate surface area is 61.4 Å². The fourth-order valence-electron chi connectivity index (χ4n) is 1.13. The Morgan fingerprint density at radius 2 is 2.00 bits per heavy atom. The lowest BCUT2D eigenvalue weighted by Crippen LogP contribution is -2.42. The molecule has 1 nitrogen and oxygen atoms in total. The maximum absolute atomic E-state index is 6.04. The van der Waals surface area contributed by atoms with Gasteiger partial charge in [0.1, 0.15) is 0 Å². The van der Waals surface area contributed by atoms with Crippen molar-refractivity contribution < 1.29 is 0 Å². The average molecular weight is 145 g/mol. The van der Waals surface area contributed by atoms with Crippen LogP contribution in [-0.4, -0.2) is 17.0 Å². The Balaban J connectivity index is 2.37. The zero-order valence-corrected chi connectivity index (χ0v) is 6.84. The molecule has 0 aromatic rings. The predicted molar refractivity (Wildman–Crippen MR) is 43.8 cm³/mol. The van der Waals surface area contributed by atoms with Crippen LogP contribution in [0.5, 0.6) is 0 Å². The Kier molecular flexibility index (Phi) is 2.42. The number of thioether (sulfide) groups is 1. The van der Waals surface area contributed by atoms with E-state index in [9.17, 15) is 0 Å². The van der Waals surface area contributed by atoms with Crippen molar-refractivity contribution in [1.29, 1.82) is 0 Å². The Hall–Kier alpha value is 0.310. The molecule has 0 spiro atoms. The maximum Gasteiger partial charge on any atom is 0.0167 e. The Morgan fingerprint density at radius 3 is 2.33 bits per heavy atom. The van der Waals surface area contributed by atoms with E-state index >= 15 is 0 Å². The summed E-state index contributed by atoms with van der Waals surface area (Å²) >= 11 is 2.03. The summed E-state index contributed by atoms with van der Waals surface area (Å²) < 4.78 is 0. The molecule has 54 valence electrons. The normalized spacial score (nSPS) is 26.0. The molecule has 1 aliphatic rings. The van der Waals surface area contributed by atoms with Gasteiger partial charge in [-0.3, -0.25) is 0 Å². The highest BCUT2D eigenvalue weighted by Crippen LogP contribution is 2.26. The summed E-state index contributed by atoms with van der Waals surface area (Å²) in [4.78, 5) is 0. The fraction of sp³-hybridized carbons (Fsp3) is 1.00. The zero-order valence-electron chi connectivity index (χ0n) is 6.02. The first kappa shape index (κ1) is 7.42. The molecular formula is C7H15NS. The lowest BCUT2D eigenvalue weighted by atomic mass is 9.91. The van der Waals surface area contributed by atoms with E-state index in [2.05, 4.69) is 6.92 Å². The van der Waals surface area contributed by atoms with E-state index in [0.29, 0.717) is 0 Å². The lowest BCUT2D eigenvalue weighted by Gasteiger charge is -2.31. The molecule has 1 rings (SSSR count). The van der Waals surface area contributed by atoms with Crippen LogP contribution >= 0.6 is 11.8 Å². The molecular weight excluding hydrogens is 130 g/mol. The maximum atomic E-state index is 6.04. The number of hydrogen-bond donors (Lipinski definition) is 1. The minimum atomic E-state index is 0.200. The second kappa shape index (κ2) is 2.93. The van der Waals surface area contributed by atoms with Crippen LogP contribution in [0.4, 0.5) is 0 Å².